The first kappa shape index (κ1) is 15.0. The lowest BCUT2D eigenvalue weighted by molar-refractivity contribution is 0.415. The molecule has 0 unspecified atom stereocenters. The first-order chi connectivity index (χ1) is 11.2. The van der Waals surface area contributed by atoms with Crippen LogP contribution >= 0.6 is 0 Å². The first-order valence-electron chi connectivity index (χ1n) is 7.16. The van der Waals surface area contributed by atoms with Crippen molar-refractivity contribution in [1.29, 1.82) is 0 Å². The van der Waals surface area contributed by atoms with E-state index in [1.165, 1.54) is 12.1 Å². The molecule has 5 heteroatoms. The molecule has 0 atom stereocenters. The zero-order valence-corrected chi connectivity index (χ0v) is 12.9. The summed E-state index contributed by atoms with van der Waals surface area (Å²) in [6.07, 6.45) is 1.62. The Morgan fingerprint density at radius 1 is 1.13 bits per heavy atom. The van der Waals surface area contributed by atoms with Crippen molar-refractivity contribution in [3.05, 3.63) is 65.5 Å². The quantitative estimate of drug-likeness (QED) is 0.582. The third-order valence-corrected chi connectivity index (χ3v) is 3.49. The van der Waals surface area contributed by atoms with Gasteiger partial charge >= 0.3 is 0 Å². The summed E-state index contributed by atoms with van der Waals surface area (Å²) in [6, 6.07) is 13.8. The van der Waals surface area contributed by atoms with Gasteiger partial charge in [0, 0.05) is 5.39 Å². The number of ether oxygens (including phenoxy) is 1. The SMILES string of the molecule is COc1ccc2nc(N/N=C/c3ccc(F)cc3)cc(C)c2c1. The summed E-state index contributed by atoms with van der Waals surface area (Å²) in [5, 5.41) is 5.18. The molecule has 0 saturated carbocycles. The largest absolute Gasteiger partial charge is 0.497 e. The molecular formula is C18H16FN3O. The standard InChI is InChI=1S/C18H16FN3O/c1-12-9-18(21-17-8-7-15(23-2)10-16(12)17)22-20-11-13-3-5-14(19)6-4-13/h3-11H,1-2H3,(H,21,22)/b20-11+. The van der Waals surface area contributed by atoms with Crippen LogP contribution in [0.5, 0.6) is 5.75 Å². The summed E-state index contributed by atoms with van der Waals surface area (Å²) in [5.41, 5.74) is 5.65. The second kappa shape index (κ2) is 6.44. The van der Waals surface area contributed by atoms with Gasteiger partial charge in [0.25, 0.3) is 0 Å². The lowest BCUT2D eigenvalue weighted by Crippen LogP contribution is -1.96. The van der Waals surface area contributed by atoms with E-state index in [0.717, 1.165) is 27.8 Å². The van der Waals surface area contributed by atoms with Gasteiger partial charge in [-0.1, -0.05) is 12.1 Å². The minimum atomic E-state index is -0.266. The molecule has 4 nitrogen and oxygen atoms in total. The Hall–Kier alpha value is -2.95. The number of methoxy groups -OCH3 is 1. The molecule has 0 aliphatic rings. The summed E-state index contributed by atoms with van der Waals surface area (Å²) in [5.74, 6) is 1.19. The Morgan fingerprint density at radius 3 is 2.65 bits per heavy atom. The first-order valence-corrected chi connectivity index (χ1v) is 7.16. The van der Waals surface area contributed by atoms with Crippen molar-refractivity contribution in [2.45, 2.75) is 6.92 Å². The maximum absolute atomic E-state index is 12.8. The zero-order valence-electron chi connectivity index (χ0n) is 12.9. The predicted molar refractivity (Wildman–Crippen MR) is 90.6 cm³/mol. The fourth-order valence-electron chi connectivity index (χ4n) is 2.28. The van der Waals surface area contributed by atoms with E-state index in [-0.39, 0.29) is 5.82 Å². The maximum atomic E-state index is 12.8. The molecule has 0 aliphatic heterocycles. The predicted octanol–water partition coefficient (Wildman–Crippen LogP) is 4.14. The smallest absolute Gasteiger partial charge is 0.147 e. The van der Waals surface area contributed by atoms with Gasteiger partial charge in [-0.3, -0.25) is 5.43 Å². The van der Waals surface area contributed by atoms with E-state index in [2.05, 4.69) is 15.5 Å². The molecule has 3 aromatic rings. The van der Waals surface area contributed by atoms with Gasteiger partial charge in [-0.05, 0) is 54.4 Å². The number of benzene rings is 2. The van der Waals surface area contributed by atoms with E-state index in [9.17, 15) is 4.39 Å². The number of pyridine rings is 1. The number of nitrogens with zero attached hydrogens (tertiary/aromatic N) is 2. The highest BCUT2D eigenvalue weighted by Crippen LogP contribution is 2.24. The number of hydrogen-bond acceptors (Lipinski definition) is 4. The van der Waals surface area contributed by atoms with Crippen LogP contribution in [0.3, 0.4) is 0 Å². The maximum Gasteiger partial charge on any atom is 0.147 e. The fraction of sp³-hybridized carbons (Fsp3) is 0.111. The molecule has 1 aromatic heterocycles. The van der Waals surface area contributed by atoms with Gasteiger partial charge in [0.2, 0.25) is 0 Å². The van der Waals surface area contributed by atoms with Crippen LogP contribution in [0.15, 0.2) is 53.6 Å². The van der Waals surface area contributed by atoms with Crippen LogP contribution in [0.1, 0.15) is 11.1 Å². The molecule has 0 saturated heterocycles. The summed E-state index contributed by atoms with van der Waals surface area (Å²) >= 11 is 0. The Bertz CT molecular complexity index is 860. The highest BCUT2D eigenvalue weighted by molar-refractivity contribution is 5.85. The molecule has 1 heterocycles. The van der Waals surface area contributed by atoms with Crippen LogP contribution in [0.4, 0.5) is 10.2 Å². The number of halogens is 1. The molecule has 0 aliphatic carbocycles. The van der Waals surface area contributed by atoms with Crippen LogP contribution in [-0.2, 0) is 0 Å². The van der Waals surface area contributed by atoms with Crippen LogP contribution < -0.4 is 10.2 Å². The summed E-state index contributed by atoms with van der Waals surface area (Å²) in [7, 11) is 1.64. The summed E-state index contributed by atoms with van der Waals surface area (Å²) in [6.45, 7) is 2.01. The Kier molecular flexibility index (Phi) is 4.19. The number of fused-ring (bicyclic) bond motifs is 1. The zero-order chi connectivity index (χ0) is 16.2. The average molecular weight is 309 g/mol. The van der Waals surface area contributed by atoms with E-state index in [1.807, 2.05) is 31.2 Å². The van der Waals surface area contributed by atoms with E-state index in [1.54, 1.807) is 25.5 Å². The average Bonchev–Trinajstić information content (AvgIpc) is 2.56. The third kappa shape index (κ3) is 3.45. The monoisotopic (exact) mass is 309 g/mol. The Morgan fingerprint density at radius 2 is 1.91 bits per heavy atom. The molecule has 23 heavy (non-hydrogen) atoms. The highest BCUT2D eigenvalue weighted by atomic mass is 19.1. The minimum absolute atomic E-state index is 0.266. The number of hydrogen-bond donors (Lipinski definition) is 1. The highest BCUT2D eigenvalue weighted by Gasteiger charge is 2.04. The van der Waals surface area contributed by atoms with Crippen molar-refractivity contribution in [3.8, 4) is 5.75 Å². The van der Waals surface area contributed by atoms with E-state index >= 15 is 0 Å². The molecule has 0 radical (unpaired) electrons. The van der Waals surface area contributed by atoms with Crippen LogP contribution in [0, 0.1) is 12.7 Å². The molecule has 0 spiro atoms. The molecular weight excluding hydrogens is 293 g/mol. The van der Waals surface area contributed by atoms with Gasteiger partial charge in [0.05, 0.1) is 18.8 Å². The van der Waals surface area contributed by atoms with Crippen molar-refractivity contribution in [2.24, 2.45) is 5.10 Å². The van der Waals surface area contributed by atoms with E-state index in [4.69, 9.17) is 4.74 Å². The number of aryl methyl sites for hydroxylation is 1. The topological polar surface area (TPSA) is 46.5 Å². The number of nitrogens with one attached hydrogen (secondary N) is 1. The normalized spacial score (nSPS) is 11.1. The van der Waals surface area contributed by atoms with Crippen molar-refractivity contribution in [1.82, 2.24) is 4.98 Å². The van der Waals surface area contributed by atoms with Gasteiger partial charge in [0.15, 0.2) is 0 Å². The number of hydrazone groups is 1. The molecule has 0 fully saturated rings. The van der Waals surface area contributed by atoms with Crippen LogP contribution in [0.25, 0.3) is 10.9 Å². The second-order valence-corrected chi connectivity index (χ2v) is 5.13. The summed E-state index contributed by atoms with van der Waals surface area (Å²) in [4.78, 5) is 4.52. The van der Waals surface area contributed by atoms with Crippen molar-refractivity contribution >= 4 is 22.9 Å². The lowest BCUT2D eigenvalue weighted by atomic mass is 10.1. The fourth-order valence-corrected chi connectivity index (χ4v) is 2.28. The Labute approximate surface area is 133 Å². The van der Waals surface area contributed by atoms with Crippen LogP contribution in [0.2, 0.25) is 0 Å². The number of aromatic nitrogens is 1. The van der Waals surface area contributed by atoms with Gasteiger partial charge in [-0.15, -0.1) is 0 Å². The lowest BCUT2D eigenvalue weighted by Gasteiger charge is -2.07. The van der Waals surface area contributed by atoms with Gasteiger partial charge in [0.1, 0.15) is 17.4 Å². The molecule has 0 bridgehead atoms. The Balaban J connectivity index is 1.81. The second-order valence-electron chi connectivity index (χ2n) is 5.13. The molecule has 1 N–H and O–H groups in total. The van der Waals surface area contributed by atoms with Crippen molar-refractivity contribution < 1.29 is 9.13 Å². The molecule has 3 rings (SSSR count). The van der Waals surface area contributed by atoms with Crippen molar-refractivity contribution in [2.75, 3.05) is 12.5 Å². The van der Waals surface area contributed by atoms with E-state index < -0.39 is 0 Å². The van der Waals surface area contributed by atoms with Gasteiger partial charge in [-0.2, -0.15) is 5.10 Å². The van der Waals surface area contributed by atoms with Gasteiger partial charge < -0.3 is 4.74 Å². The number of anilines is 1. The summed E-state index contributed by atoms with van der Waals surface area (Å²) < 4.78 is 18.1. The van der Waals surface area contributed by atoms with Crippen LogP contribution in [-0.4, -0.2) is 18.3 Å². The van der Waals surface area contributed by atoms with Crippen molar-refractivity contribution in [3.63, 3.8) is 0 Å². The van der Waals surface area contributed by atoms with Gasteiger partial charge in [-0.25, -0.2) is 9.37 Å². The molecule has 116 valence electrons. The molecule has 0 amide bonds. The minimum Gasteiger partial charge on any atom is -0.497 e. The number of rotatable bonds is 4. The third-order valence-electron chi connectivity index (χ3n) is 3.49. The molecule has 2 aromatic carbocycles. The van der Waals surface area contributed by atoms with E-state index in [0.29, 0.717) is 5.82 Å².